The lowest BCUT2D eigenvalue weighted by Crippen LogP contribution is -2.48. The fourth-order valence-corrected chi connectivity index (χ4v) is 3.87. The van der Waals surface area contributed by atoms with Crippen LogP contribution in [0.3, 0.4) is 0 Å². The van der Waals surface area contributed by atoms with Crippen molar-refractivity contribution >= 4 is 11.6 Å². The van der Waals surface area contributed by atoms with Crippen molar-refractivity contribution in [1.82, 2.24) is 4.90 Å². The summed E-state index contributed by atoms with van der Waals surface area (Å²) in [4.78, 5) is 17.9. The quantitative estimate of drug-likeness (QED) is 0.776. The van der Waals surface area contributed by atoms with Crippen molar-refractivity contribution in [2.24, 2.45) is 5.92 Å². The monoisotopic (exact) mass is 350 g/mol. The lowest BCUT2D eigenvalue weighted by molar-refractivity contribution is 0.0957. The average Bonchev–Trinajstić information content (AvgIpc) is 2.64. The van der Waals surface area contributed by atoms with E-state index in [1.165, 1.54) is 5.56 Å². The molecule has 1 amide bonds. The number of likely N-dealkylation sites (tertiary alicyclic amines) is 1. The maximum absolute atomic E-state index is 13.3. The van der Waals surface area contributed by atoms with Gasteiger partial charge in [0, 0.05) is 36.9 Å². The SMILES string of the molecule is Cc1cccc(N(C(=O)c2ccccc2)C2CCN(CC(C)C)CC2)c1. The van der Waals surface area contributed by atoms with Crippen LogP contribution in [0.2, 0.25) is 0 Å². The fourth-order valence-electron chi connectivity index (χ4n) is 3.87. The van der Waals surface area contributed by atoms with E-state index in [0.717, 1.165) is 43.7 Å². The number of nitrogens with zero attached hydrogens (tertiary/aromatic N) is 2. The van der Waals surface area contributed by atoms with Gasteiger partial charge in [-0.05, 0) is 55.5 Å². The number of anilines is 1. The van der Waals surface area contributed by atoms with E-state index in [-0.39, 0.29) is 11.9 Å². The highest BCUT2D eigenvalue weighted by Gasteiger charge is 2.30. The van der Waals surface area contributed by atoms with Crippen molar-refractivity contribution in [2.75, 3.05) is 24.5 Å². The Balaban J connectivity index is 1.84. The number of rotatable bonds is 5. The van der Waals surface area contributed by atoms with Gasteiger partial charge in [-0.2, -0.15) is 0 Å². The van der Waals surface area contributed by atoms with E-state index in [0.29, 0.717) is 5.92 Å². The van der Waals surface area contributed by atoms with Crippen molar-refractivity contribution in [2.45, 2.75) is 39.7 Å². The predicted molar refractivity (Wildman–Crippen MR) is 109 cm³/mol. The van der Waals surface area contributed by atoms with E-state index in [1.54, 1.807) is 0 Å². The lowest BCUT2D eigenvalue weighted by Gasteiger charge is -2.39. The summed E-state index contributed by atoms with van der Waals surface area (Å²) in [5, 5.41) is 0. The highest BCUT2D eigenvalue weighted by atomic mass is 16.2. The number of carbonyl (C=O) groups is 1. The van der Waals surface area contributed by atoms with E-state index < -0.39 is 0 Å². The summed E-state index contributed by atoms with van der Waals surface area (Å²) in [5.74, 6) is 0.795. The molecule has 0 radical (unpaired) electrons. The number of hydrogen-bond donors (Lipinski definition) is 0. The second kappa shape index (κ2) is 8.50. The van der Waals surface area contributed by atoms with Gasteiger partial charge >= 0.3 is 0 Å². The molecule has 138 valence electrons. The molecule has 1 fully saturated rings. The largest absolute Gasteiger partial charge is 0.305 e. The lowest BCUT2D eigenvalue weighted by atomic mass is 9.99. The molecule has 0 saturated carbocycles. The summed E-state index contributed by atoms with van der Waals surface area (Å²) >= 11 is 0. The van der Waals surface area contributed by atoms with E-state index in [9.17, 15) is 4.79 Å². The second-order valence-corrected chi connectivity index (χ2v) is 7.81. The molecule has 1 heterocycles. The van der Waals surface area contributed by atoms with Crippen LogP contribution in [-0.2, 0) is 0 Å². The van der Waals surface area contributed by atoms with E-state index in [2.05, 4.69) is 43.9 Å². The molecule has 26 heavy (non-hydrogen) atoms. The van der Waals surface area contributed by atoms with Gasteiger partial charge in [0.1, 0.15) is 0 Å². The van der Waals surface area contributed by atoms with Crippen LogP contribution in [0.4, 0.5) is 5.69 Å². The minimum Gasteiger partial charge on any atom is -0.305 e. The first kappa shape index (κ1) is 18.7. The van der Waals surface area contributed by atoms with Crippen molar-refractivity contribution in [3.05, 3.63) is 65.7 Å². The van der Waals surface area contributed by atoms with Crippen LogP contribution in [0, 0.1) is 12.8 Å². The Morgan fingerprint density at radius 2 is 1.77 bits per heavy atom. The normalized spacial score (nSPS) is 16.0. The third kappa shape index (κ3) is 4.53. The summed E-state index contributed by atoms with van der Waals surface area (Å²) in [6, 6.07) is 18.2. The van der Waals surface area contributed by atoms with Gasteiger partial charge in [-0.3, -0.25) is 4.79 Å². The molecule has 2 aromatic carbocycles. The number of aryl methyl sites for hydroxylation is 1. The summed E-state index contributed by atoms with van der Waals surface area (Å²) in [5.41, 5.74) is 2.96. The average molecular weight is 351 g/mol. The van der Waals surface area contributed by atoms with Crippen LogP contribution in [0.1, 0.15) is 42.6 Å². The maximum atomic E-state index is 13.3. The Morgan fingerprint density at radius 1 is 1.08 bits per heavy atom. The van der Waals surface area contributed by atoms with Gasteiger partial charge < -0.3 is 9.80 Å². The Morgan fingerprint density at radius 3 is 2.38 bits per heavy atom. The van der Waals surface area contributed by atoms with Gasteiger partial charge in [0.05, 0.1) is 0 Å². The van der Waals surface area contributed by atoms with Gasteiger partial charge in [0.15, 0.2) is 0 Å². The highest BCUT2D eigenvalue weighted by Crippen LogP contribution is 2.27. The molecule has 1 aliphatic rings. The highest BCUT2D eigenvalue weighted by molar-refractivity contribution is 6.06. The topological polar surface area (TPSA) is 23.6 Å². The zero-order chi connectivity index (χ0) is 18.5. The van der Waals surface area contributed by atoms with Gasteiger partial charge in [-0.1, -0.05) is 44.2 Å². The van der Waals surface area contributed by atoms with Crippen LogP contribution in [-0.4, -0.2) is 36.5 Å². The summed E-state index contributed by atoms with van der Waals surface area (Å²) in [7, 11) is 0. The fraction of sp³-hybridized carbons (Fsp3) is 0.435. The molecule has 3 heteroatoms. The smallest absolute Gasteiger partial charge is 0.258 e. The molecule has 2 aromatic rings. The Hall–Kier alpha value is -2.13. The van der Waals surface area contributed by atoms with Crippen molar-refractivity contribution in [3.63, 3.8) is 0 Å². The number of amides is 1. The van der Waals surface area contributed by atoms with E-state index in [4.69, 9.17) is 0 Å². The third-order valence-corrected chi connectivity index (χ3v) is 5.06. The van der Waals surface area contributed by atoms with Crippen LogP contribution in [0.15, 0.2) is 54.6 Å². The van der Waals surface area contributed by atoms with Crippen molar-refractivity contribution < 1.29 is 4.79 Å². The molecule has 0 N–H and O–H groups in total. The van der Waals surface area contributed by atoms with Crippen LogP contribution < -0.4 is 4.90 Å². The van der Waals surface area contributed by atoms with Gasteiger partial charge in [-0.25, -0.2) is 0 Å². The van der Waals surface area contributed by atoms with Gasteiger partial charge in [-0.15, -0.1) is 0 Å². The van der Waals surface area contributed by atoms with E-state index >= 15 is 0 Å². The second-order valence-electron chi connectivity index (χ2n) is 7.81. The Kier molecular flexibility index (Phi) is 6.10. The Bertz CT molecular complexity index is 718. The van der Waals surface area contributed by atoms with Crippen molar-refractivity contribution in [1.29, 1.82) is 0 Å². The molecule has 3 nitrogen and oxygen atoms in total. The molecule has 1 aliphatic heterocycles. The minimum absolute atomic E-state index is 0.110. The molecule has 1 saturated heterocycles. The number of piperidine rings is 1. The number of hydrogen-bond acceptors (Lipinski definition) is 2. The number of benzene rings is 2. The molecular weight excluding hydrogens is 320 g/mol. The van der Waals surface area contributed by atoms with Crippen LogP contribution in [0.25, 0.3) is 0 Å². The van der Waals surface area contributed by atoms with Crippen LogP contribution >= 0.6 is 0 Å². The first-order chi connectivity index (χ1) is 12.5. The first-order valence-electron chi connectivity index (χ1n) is 9.72. The van der Waals surface area contributed by atoms with Gasteiger partial charge in [0.2, 0.25) is 0 Å². The van der Waals surface area contributed by atoms with Crippen molar-refractivity contribution in [3.8, 4) is 0 Å². The molecule has 0 aromatic heterocycles. The predicted octanol–water partition coefficient (Wildman–Crippen LogP) is 4.76. The molecule has 0 atom stereocenters. The standard InChI is InChI=1S/C23H30N2O/c1-18(2)17-24-14-12-21(13-15-24)25(22-11-7-8-19(3)16-22)23(26)20-9-5-4-6-10-20/h4-11,16,18,21H,12-15,17H2,1-3H3. The number of carbonyl (C=O) groups excluding carboxylic acids is 1. The minimum atomic E-state index is 0.110. The summed E-state index contributed by atoms with van der Waals surface area (Å²) in [6.07, 6.45) is 2.05. The third-order valence-electron chi connectivity index (χ3n) is 5.06. The maximum Gasteiger partial charge on any atom is 0.258 e. The molecule has 0 bridgehead atoms. The molecule has 0 spiro atoms. The zero-order valence-corrected chi connectivity index (χ0v) is 16.2. The van der Waals surface area contributed by atoms with Gasteiger partial charge in [0.25, 0.3) is 5.91 Å². The molecular formula is C23H30N2O. The summed E-state index contributed by atoms with van der Waals surface area (Å²) in [6.45, 7) is 9.89. The first-order valence-corrected chi connectivity index (χ1v) is 9.72. The molecule has 0 aliphatic carbocycles. The molecule has 3 rings (SSSR count). The summed E-state index contributed by atoms with van der Waals surface area (Å²) < 4.78 is 0. The zero-order valence-electron chi connectivity index (χ0n) is 16.2. The molecule has 0 unspecified atom stereocenters. The van der Waals surface area contributed by atoms with Crippen LogP contribution in [0.5, 0.6) is 0 Å². The Labute approximate surface area is 157 Å². The van der Waals surface area contributed by atoms with E-state index in [1.807, 2.05) is 41.3 Å².